The number of rotatable bonds is 8. The van der Waals surface area contributed by atoms with Gasteiger partial charge in [0.25, 0.3) is 0 Å². The lowest BCUT2D eigenvalue weighted by Gasteiger charge is -2.25. The molecule has 1 aliphatic rings. The summed E-state index contributed by atoms with van der Waals surface area (Å²) in [7, 11) is 3.33. The molecule has 0 bridgehead atoms. The van der Waals surface area contributed by atoms with Crippen molar-refractivity contribution in [1.29, 1.82) is 5.26 Å². The van der Waals surface area contributed by atoms with E-state index in [1.54, 1.807) is 14.2 Å². The lowest BCUT2D eigenvalue weighted by molar-refractivity contribution is 0.151. The van der Waals surface area contributed by atoms with Gasteiger partial charge in [-0.05, 0) is 48.2 Å². The second-order valence-corrected chi connectivity index (χ2v) is 8.43. The molecule has 0 aliphatic carbocycles. The van der Waals surface area contributed by atoms with Gasteiger partial charge in [-0.1, -0.05) is 60.7 Å². The molecule has 1 unspecified atom stereocenters. The minimum atomic E-state index is 0.161. The summed E-state index contributed by atoms with van der Waals surface area (Å²) in [6, 6.07) is 22.4. The average molecular weight is 455 g/mol. The van der Waals surface area contributed by atoms with Crippen LogP contribution in [0.3, 0.4) is 0 Å². The highest BCUT2D eigenvalue weighted by Gasteiger charge is 2.26. The van der Waals surface area contributed by atoms with Gasteiger partial charge in [-0.25, -0.2) is 0 Å². The maximum absolute atomic E-state index is 9.89. The molecule has 3 aromatic rings. The number of hydrogen-bond donors (Lipinski definition) is 1. The maximum Gasteiger partial charge on any atom is 0.127 e. The Labute approximate surface area is 201 Å². The molecule has 0 spiro atoms. The van der Waals surface area contributed by atoms with Gasteiger partial charge in [-0.3, -0.25) is 4.90 Å². The van der Waals surface area contributed by atoms with E-state index in [9.17, 15) is 10.4 Å². The molecule has 4 rings (SSSR count). The Morgan fingerprint density at radius 1 is 1.03 bits per heavy atom. The van der Waals surface area contributed by atoms with Gasteiger partial charge in [0.1, 0.15) is 17.6 Å². The van der Waals surface area contributed by atoms with Crippen LogP contribution >= 0.6 is 0 Å². The molecule has 1 atom stereocenters. The van der Waals surface area contributed by atoms with Crippen molar-refractivity contribution in [3.63, 3.8) is 0 Å². The van der Waals surface area contributed by atoms with Crippen LogP contribution in [0.25, 0.3) is 23.3 Å². The Balaban J connectivity index is 1.66. The summed E-state index contributed by atoms with van der Waals surface area (Å²) in [4.78, 5) is 2.28. The molecule has 0 amide bonds. The Hall–Kier alpha value is -3.59. The van der Waals surface area contributed by atoms with Gasteiger partial charge in [-0.2, -0.15) is 5.26 Å². The molecule has 5 nitrogen and oxygen atoms in total. The summed E-state index contributed by atoms with van der Waals surface area (Å²) in [5.41, 5.74) is 5.33. The second kappa shape index (κ2) is 11.0. The van der Waals surface area contributed by atoms with E-state index in [1.807, 2.05) is 72.8 Å². The first-order valence-corrected chi connectivity index (χ1v) is 11.5. The zero-order chi connectivity index (χ0) is 23.9. The van der Waals surface area contributed by atoms with Crippen molar-refractivity contribution in [1.82, 2.24) is 4.90 Å². The van der Waals surface area contributed by atoms with E-state index < -0.39 is 0 Å². The minimum Gasteiger partial charge on any atom is -0.496 e. The molecule has 1 aliphatic heterocycles. The highest BCUT2D eigenvalue weighted by atomic mass is 16.5. The van der Waals surface area contributed by atoms with Crippen molar-refractivity contribution >= 4 is 12.2 Å². The van der Waals surface area contributed by atoms with Gasteiger partial charge in [0.05, 0.1) is 32.0 Å². The average Bonchev–Trinajstić information content (AvgIpc) is 3.35. The minimum absolute atomic E-state index is 0.161. The molecule has 1 fully saturated rings. The van der Waals surface area contributed by atoms with Crippen molar-refractivity contribution in [2.24, 2.45) is 0 Å². The molecular weight excluding hydrogens is 424 g/mol. The van der Waals surface area contributed by atoms with Gasteiger partial charge in [0, 0.05) is 18.2 Å². The van der Waals surface area contributed by atoms with E-state index in [0.717, 1.165) is 58.7 Å². The first kappa shape index (κ1) is 23.6. The molecule has 0 aromatic heterocycles. The molecule has 3 aromatic carbocycles. The summed E-state index contributed by atoms with van der Waals surface area (Å²) in [5, 5.41) is 19.6. The van der Waals surface area contributed by atoms with E-state index in [0.29, 0.717) is 12.1 Å². The normalized spacial score (nSPS) is 16.0. The predicted octanol–water partition coefficient (Wildman–Crippen LogP) is 5.37. The van der Waals surface area contributed by atoms with E-state index in [1.165, 1.54) is 0 Å². The number of aliphatic hydroxyl groups excluding tert-OH is 1. The van der Waals surface area contributed by atoms with E-state index in [-0.39, 0.29) is 12.6 Å². The first-order chi connectivity index (χ1) is 16.7. The summed E-state index contributed by atoms with van der Waals surface area (Å²) in [6.45, 7) is 1.78. The van der Waals surface area contributed by atoms with Crippen molar-refractivity contribution in [3.8, 4) is 28.7 Å². The van der Waals surface area contributed by atoms with Crippen LogP contribution in [0.5, 0.6) is 11.5 Å². The maximum atomic E-state index is 9.89. The predicted molar refractivity (Wildman–Crippen MR) is 136 cm³/mol. The summed E-state index contributed by atoms with van der Waals surface area (Å²) >= 11 is 0. The van der Waals surface area contributed by atoms with Gasteiger partial charge in [0.2, 0.25) is 0 Å². The largest absolute Gasteiger partial charge is 0.496 e. The van der Waals surface area contributed by atoms with Crippen LogP contribution in [-0.2, 0) is 6.54 Å². The zero-order valence-electron chi connectivity index (χ0n) is 19.7. The van der Waals surface area contributed by atoms with Crippen LogP contribution in [0.4, 0.5) is 0 Å². The quantitative estimate of drug-likeness (QED) is 0.464. The smallest absolute Gasteiger partial charge is 0.127 e. The second-order valence-electron chi connectivity index (χ2n) is 8.43. The number of benzene rings is 3. The van der Waals surface area contributed by atoms with Crippen molar-refractivity contribution in [3.05, 3.63) is 82.9 Å². The molecule has 1 saturated heterocycles. The highest BCUT2D eigenvalue weighted by molar-refractivity contribution is 5.80. The SMILES string of the molecule is COc1cc(C=Cc2cccc(-c3ccccc3)c2C#N)cc(OC)c1CN1CCCC1CO. The van der Waals surface area contributed by atoms with Crippen LogP contribution in [0.15, 0.2) is 60.7 Å². The lowest BCUT2D eigenvalue weighted by Crippen LogP contribution is -2.31. The number of nitrogens with zero attached hydrogens (tertiary/aromatic N) is 2. The molecule has 34 heavy (non-hydrogen) atoms. The lowest BCUT2D eigenvalue weighted by atomic mass is 9.95. The number of aliphatic hydroxyl groups is 1. The standard InChI is InChI=1S/C29H30N2O3/c1-33-28-16-21(17-29(34-2)27(28)19-31-15-7-11-24(31)20-32)13-14-23-10-6-12-25(26(23)18-30)22-8-4-3-5-9-22/h3-6,8-10,12-14,16-17,24,32H,7,11,15,19-20H2,1-2H3. The Kier molecular flexibility index (Phi) is 7.64. The molecule has 0 radical (unpaired) electrons. The molecule has 1 heterocycles. The van der Waals surface area contributed by atoms with Crippen LogP contribution < -0.4 is 9.47 Å². The fourth-order valence-corrected chi connectivity index (χ4v) is 4.65. The third-order valence-electron chi connectivity index (χ3n) is 6.45. The van der Waals surface area contributed by atoms with E-state index >= 15 is 0 Å². The zero-order valence-corrected chi connectivity index (χ0v) is 19.7. The van der Waals surface area contributed by atoms with Crippen molar-refractivity contribution in [2.75, 3.05) is 27.4 Å². The molecule has 174 valence electrons. The van der Waals surface area contributed by atoms with Gasteiger partial charge in [0.15, 0.2) is 0 Å². The van der Waals surface area contributed by atoms with Crippen molar-refractivity contribution < 1.29 is 14.6 Å². The number of methoxy groups -OCH3 is 2. The Morgan fingerprint density at radius 2 is 1.76 bits per heavy atom. The molecule has 1 N–H and O–H groups in total. The van der Waals surface area contributed by atoms with Crippen LogP contribution in [0.1, 0.15) is 35.1 Å². The third-order valence-corrected chi connectivity index (χ3v) is 6.45. The van der Waals surface area contributed by atoms with Crippen LogP contribution in [0, 0.1) is 11.3 Å². The Bertz CT molecular complexity index is 1170. The highest BCUT2D eigenvalue weighted by Crippen LogP contribution is 2.35. The van der Waals surface area contributed by atoms with Crippen LogP contribution in [-0.4, -0.2) is 43.4 Å². The topological polar surface area (TPSA) is 65.7 Å². The van der Waals surface area contributed by atoms with Gasteiger partial charge >= 0.3 is 0 Å². The fraction of sp³-hybridized carbons (Fsp3) is 0.276. The van der Waals surface area contributed by atoms with Crippen molar-refractivity contribution in [2.45, 2.75) is 25.4 Å². The van der Waals surface area contributed by atoms with Gasteiger partial charge in [-0.15, -0.1) is 0 Å². The summed E-state index contributed by atoms with van der Waals surface area (Å²) < 4.78 is 11.5. The first-order valence-electron chi connectivity index (χ1n) is 11.5. The van der Waals surface area contributed by atoms with E-state index in [2.05, 4.69) is 11.0 Å². The number of ether oxygens (including phenoxy) is 2. The summed E-state index contributed by atoms with van der Waals surface area (Å²) in [6.07, 6.45) is 6.03. The molecular formula is C29H30N2O3. The monoisotopic (exact) mass is 454 g/mol. The fourth-order valence-electron chi connectivity index (χ4n) is 4.65. The number of likely N-dealkylation sites (tertiary alicyclic amines) is 1. The number of nitriles is 1. The van der Waals surface area contributed by atoms with Crippen LogP contribution in [0.2, 0.25) is 0 Å². The summed E-state index contributed by atoms with van der Waals surface area (Å²) in [5.74, 6) is 1.50. The van der Waals surface area contributed by atoms with Gasteiger partial charge < -0.3 is 14.6 Å². The third kappa shape index (κ3) is 4.99. The number of hydrogen-bond acceptors (Lipinski definition) is 5. The molecule has 5 heteroatoms. The molecule has 0 saturated carbocycles. The van der Waals surface area contributed by atoms with E-state index in [4.69, 9.17) is 9.47 Å². The Morgan fingerprint density at radius 3 is 2.41 bits per heavy atom.